The molecule has 3 N–H and O–H groups in total. The predicted molar refractivity (Wildman–Crippen MR) is 71.9 cm³/mol. The van der Waals surface area contributed by atoms with Gasteiger partial charge in [-0.25, -0.2) is 17.6 Å². The van der Waals surface area contributed by atoms with Gasteiger partial charge in [0.05, 0.1) is 5.69 Å². The van der Waals surface area contributed by atoms with E-state index in [4.69, 9.17) is 18.0 Å². The Morgan fingerprint density at radius 1 is 0.950 bits per heavy atom. The fraction of sp³-hybridized carbons (Fsp3) is 0. The van der Waals surface area contributed by atoms with Crippen LogP contribution in [0.1, 0.15) is 5.56 Å². The van der Waals surface area contributed by atoms with E-state index in [0.717, 1.165) is 24.3 Å². The summed E-state index contributed by atoms with van der Waals surface area (Å²) in [6, 6.07) is 5.21. The lowest BCUT2D eigenvalue weighted by atomic mass is 10.1. The van der Waals surface area contributed by atoms with Gasteiger partial charge in [-0.2, -0.15) is 0 Å². The molecule has 2 aromatic rings. The normalized spacial score (nSPS) is 10.4. The van der Waals surface area contributed by atoms with Gasteiger partial charge in [-0.15, -0.1) is 0 Å². The molecular weight excluding hydrogens is 292 g/mol. The van der Waals surface area contributed by atoms with Gasteiger partial charge in [-0.1, -0.05) is 12.2 Å². The van der Waals surface area contributed by atoms with E-state index in [1.54, 1.807) is 0 Å². The molecule has 0 aliphatic rings. The highest BCUT2D eigenvalue weighted by molar-refractivity contribution is 7.80. The van der Waals surface area contributed by atoms with Crippen LogP contribution in [0.4, 0.5) is 28.9 Å². The number of anilines is 2. The van der Waals surface area contributed by atoms with Crippen molar-refractivity contribution in [3.8, 4) is 0 Å². The smallest absolute Gasteiger partial charge is 0.196 e. The van der Waals surface area contributed by atoms with Crippen LogP contribution in [-0.4, -0.2) is 4.99 Å². The van der Waals surface area contributed by atoms with Crippen LogP contribution < -0.4 is 11.1 Å². The molecule has 0 heterocycles. The highest BCUT2D eigenvalue weighted by Crippen LogP contribution is 2.26. The van der Waals surface area contributed by atoms with E-state index >= 15 is 0 Å². The Kier molecular flexibility index (Phi) is 3.89. The summed E-state index contributed by atoms with van der Waals surface area (Å²) < 4.78 is 52.6. The zero-order chi connectivity index (χ0) is 14.9. The fourth-order valence-electron chi connectivity index (χ4n) is 1.60. The Hall–Kier alpha value is -2.15. The number of benzene rings is 2. The Bertz CT molecular complexity index is 688. The summed E-state index contributed by atoms with van der Waals surface area (Å²) in [5.41, 5.74) is 5.43. The van der Waals surface area contributed by atoms with Crippen molar-refractivity contribution < 1.29 is 17.6 Å². The first-order valence-corrected chi connectivity index (χ1v) is 5.81. The number of rotatable bonds is 3. The number of thiocarbonyl (C=S) groups is 1. The second-order valence-corrected chi connectivity index (χ2v) is 4.34. The summed E-state index contributed by atoms with van der Waals surface area (Å²) >= 11 is 4.75. The van der Waals surface area contributed by atoms with Crippen LogP contribution in [-0.2, 0) is 0 Å². The molecule has 2 rings (SSSR count). The van der Waals surface area contributed by atoms with Crippen molar-refractivity contribution in [3.05, 3.63) is 59.2 Å². The largest absolute Gasteiger partial charge is 0.389 e. The van der Waals surface area contributed by atoms with Gasteiger partial charge < -0.3 is 11.1 Å². The summed E-state index contributed by atoms with van der Waals surface area (Å²) in [6.45, 7) is 0. The number of nitrogens with one attached hydrogen (secondary N) is 1. The SMILES string of the molecule is NC(=S)c1cc(F)ccc1Nc1ccc(F)c(F)c1F. The topological polar surface area (TPSA) is 38.0 Å². The van der Waals surface area contributed by atoms with Gasteiger partial charge >= 0.3 is 0 Å². The summed E-state index contributed by atoms with van der Waals surface area (Å²) in [6.07, 6.45) is 0. The number of hydrogen-bond donors (Lipinski definition) is 2. The van der Waals surface area contributed by atoms with Gasteiger partial charge in [-0.05, 0) is 30.3 Å². The molecule has 7 heteroatoms. The number of nitrogens with two attached hydrogens (primary N) is 1. The minimum absolute atomic E-state index is 0.116. The van der Waals surface area contributed by atoms with Gasteiger partial charge in [-0.3, -0.25) is 0 Å². The molecule has 0 amide bonds. The first-order chi connectivity index (χ1) is 9.40. The molecule has 0 aliphatic carbocycles. The Labute approximate surface area is 117 Å². The third kappa shape index (κ3) is 2.72. The molecule has 20 heavy (non-hydrogen) atoms. The summed E-state index contributed by atoms with van der Waals surface area (Å²) in [5, 5.41) is 2.50. The maximum atomic E-state index is 13.5. The maximum absolute atomic E-state index is 13.5. The van der Waals surface area contributed by atoms with E-state index in [1.165, 1.54) is 6.07 Å². The van der Waals surface area contributed by atoms with Crippen LogP contribution in [0.3, 0.4) is 0 Å². The van der Waals surface area contributed by atoms with Crippen molar-refractivity contribution in [1.29, 1.82) is 0 Å². The van der Waals surface area contributed by atoms with E-state index in [1.807, 2.05) is 0 Å². The lowest BCUT2D eigenvalue weighted by Gasteiger charge is -2.12. The Morgan fingerprint density at radius 3 is 2.25 bits per heavy atom. The highest BCUT2D eigenvalue weighted by Gasteiger charge is 2.15. The molecule has 0 fully saturated rings. The van der Waals surface area contributed by atoms with Crippen LogP contribution in [0.15, 0.2) is 30.3 Å². The highest BCUT2D eigenvalue weighted by atomic mass is 32.1. The summed E-state index contributed by atoms with van der Waals surface area (Å²) in [4.78, 5) is -0.116. The average Bonchev–Trinajstić information content (AvgIpc) is 2.41. The van der Waals surface area contributed by atoms with Crippen LogP contribution >= 0.6 is 12.2 Å². The molecule has 0 spiro atoms. The average molecular weight is 300 g/mol. The van der Waals surface area contributed by atoms with Crippen molar-refractivity contribution >= 4 is 28.6 Å². The summed E-state index contributed by atoms with van der Waals surface area (Å²) in [5.74, 6) is -4.87. The zero-order valence-electron chi connectivity index (χ0n) is 9.88. The van der Waals surface area contributed by atoms with E-state index in [9.17, 15) is 17.6 Å². The standard InChI is InChI=1S/C13H8F4N2S/c14-6-1-3-9(7(5-6)13(18)20)19-10-4-2-8(15)11(16)12(10)17/h1-5,19H,(H2,18,20). The van der Waals surface area contributed by atoms with E-state index in [2.05, 4.69) is 5.32 Å². The van der Waals surface area contributed by atoms with Crippen LogP contribution in [0.5, 0.6) is 0 Å². The molecule has 0 aromatic heterocycles. The van der Waals surface area contributed by atoms with Gasteiger partial charge in [0.15, 0.2) is 17.5 Å². The van der Waals surface area contributed by atoms with E-state index in [-0.39, 0.29) is 21.9 Å². The molecule has 0 aliphatic heterocycles. The Morgan fingerprint density at radius 2 is 1.60 bits per heavy atom. The zero-order valence-corrected chi connectivity index (χ0v) is 10.7. The second-order valence-electron chi connectivity index (χ2n) is 3.90. The van der Waals surface area contributed by atoms with Crippen molar-refractivity contribution in [2.45, 2.75) is 0 Å². The Balaban J connectivity index is 2.45. The van der Waals surface area contributed by atoms with Crippen LogP contribution in [0.25, 0.3) is 0 Å². The van der Waals surface area contributed by atoms with Gasteiger partial charge in [0, 0.05) is 11.3 Å². The second kappa shape index (κ2) is 5.46. The molecular formula is C13H8F4N2S. The lowest BCUT2D eigenvalue weighted by molar-refractivity contribution is 0.449. The number of hydrogen-bond acceptors (Lipinski definition) is 2. The molecule has 0 radical (unpaired) electrons. The van der Waals surface area contributed by atoms with Crippen LogP contribution in [0, 0.1) is 23.3 Å². The molecule has 0 bridgehead atoms. The molecule has 0 saturated heterocycles. The van der Waals surface area contributed by atoms with Gasteiger partial charge in [0.25, 0.3) is 0 Å². The van der Waals surface area contributed by atoms with Gasteiger partial charge in [0.1, 0.15) is 10.8 Å². The summed E-state index contributed by atoms with van der Waals surface area (Å²) in [7, 11) is 0. The first-order valence-electron chi connectivity index (χ1n) is 5.40. The molecule has 0 atom stereocenters. The lowest BCUT2D eigenvalue weighted by Crippen LogP contribution is -2.12. The fourth-order valence-corrected chi connectivity index (χ4v) is 1.77. The monoisotopic (exact) mass is 300 g/mol. The van der Waals surface area contributed by atoms with E-state index < -0.39 is 23.3 Å². The first kappa shape index (κ1) is 14.3. The predicted octanol–water partition coefficient (Wildman–Crippen LogP) is 3.62. The molecule has 104 valence electrons. The number of halogens is 4. The van der Waals surface area contributed by atoms with E-state index in [0.29, 0.717) is 0 Å². The van der Waals surface area contributed by atoms with Crippen LogP contribution in [0.2, 0.25) is 0 Å². The van der Waals surface area contributed by atoms with Crippen molar-refractivity contribution in [3.63, 3.8) is 0 Å². The molecule has 0 saturated carbocycles. The minimum Gasteiger partial charge on any atom is -0.389 e. The molecule has 2 aromatic carbocycles. The van der Waals surface area contributed by atoms with Gasteiger partial charge in [0.2, 0.25) is 0 Å². The quantitative estimate of drug-likeness (QED) is 0.516. The molecule has 0 unspecified atom stereocenters. The third-order valence-electron chi connectivity index (χ3n) is 2.55. The maximum Gasteiger partial charge on any atom is 0.196 e. The van der Waals surface area contributed by atoms with Crippen molar-refractivity contribution in [1.82, 2.24) is 0 Å². The third-order valence-corrected chi connectivity index (χ3v) is 2.77. The van der Waals surface area contributed by atoms with Crippen molar-refractivity contribution in [2.75, 3.05) is 5.32 Å². The minimum atomic E-state index is -1.60. The van der Waals surface area contributed by atoms with Crippen molar-refractivity contribution in [2.24, 2.45) is 5.73 Å². The molecule has 2 nitrogen and oxygen atoms in total.